The molecule has 1 aromatic carbocycles. The number of ether oxygens (including phenoxy) is 1. The Morgan fingerprint density at radius 1 is 1.26 bits per heavy atom. The quantitative estimate of drug-likeness (QED) is 0.472. The number of fused-ring (bicyclic) bond motifs is 1. The zero-order valence-electron chi connectivity index (χ0n) is 10.4. The van der Waals surface area contributed by atoms with Crippen molar-refractivity contribution in [2.24, 2.45) is 0 Å². The highest BCUT2D eigenvalue weighted by Crippen LogP contribution is 2.34. The largest absolute Gasteiger partial charge is 0.490 e. The predicted octanol–water partition coefficient (Wildman–Crippen LogP) is 2.13. The molecule has 0 spiro atoms. The van der Waals surface area contributed by atoms with E-state index in [-0.39, 0.29) is 28.7 Å². The average molecular weight is 261 g/mol. The number of hydrogen-bond acceptors (Lipinski definition) is 5. The predicted molar refractivity (Wildman–Crippen MR) is 66.6 cm³/mol. The number of carbonyl (C=O) groups excluding carboxylic acids is 2. The zero-order valence-corrected chi connectivity index (χ0v) is 10.4. The summed E-state index contributed by atoms with van der Waals surface area (Å²) >= 11 is 0. The number of carbonyl (C=O) groups is 2. The van der Waals surface area contributed by atoms with Crippen LogP contribution in [0, 0.1) is 10.1 Å². The Morgan fingerprint density at radius 3 is 2.53 bits per heavy atom. The van der Waals surface area contributed by atoms with Crippen molar-refractivity contribution in [3.8, 4) is 0 Å². The first-order valence-electron chi connectivity index (χ1n) is 5.66. The summed E-state index contributed by atoms with van der Waals surface area (Å²) in [5.74, 6) is -1.42. The van der Waals surface area contributed by atoms with Crippen LogP contribution in [0.1, 0.15) is 29.8 Å². The monoisotopic (exact) mass is 261 g/mol. The van der Waals surface area contributed by atoms with Crippen LogP contribution in [-0.4, -0.2) is 22.6 Å². The van der Waals surface area contributed by atoms with Crippen molar-refractivity contribution in [2.75, 3.05) is 0 Å². The molecule has 6 nitrogen and oxygen atoms in total. The number of benzene rings is 1. The fraction of sp³-hybridized carbons (Fsp3) is 0.231. The molecule has 0 heterocycles. The zero-order chi connectivity index (χ0) is 14.2. The number of ketones is 2. The van der Waals surface area contributed by atoms with E-state index in [1.165, 1.54) is 18.2 Å². The van der Waals surface area contributed by atoms with Crippen molar-refractivity contribution in [3.05, 3.63) is 45.5 Å². The van der Waals surface area contributed by atoms with Crippen LogP contribution in [0.5, 0.6) is 0 Å². The van der Waals surface area contributed by atoms with Crippen LogP contribution >= 0.6 is 0 Å². The Balaban J connectivity index is 2.68. The molecule has 98 valence electrons. The molecule has 0 bridgehead atoms. The van der Waals surface area contributed by atoms with Gasteiger partial charge in [0.1, 0.15) is 11.3 Å². The maximum atomic E-state index is 11.8. The number of allylic oxidation sites excluding steroid dienone is 1. The van der Waals surface area contributed by atoms with Gasteiger partial charge in [0, 0.05) is 17.7 Å². The molecule has 6 heteroatoms. The Labute approximate surface area is 108 Å². The molecule has 0 N–H and O–H groups in total. The summed E-state index contributed by atoms with van der Waals surface area (Å²) in [4.78, 5) is 33.7. The number of nitro groups is 1. The second kappa shape index (κ2) is 4.64. The Kier molecular flexibility index (Phi) is 3.16. The first-order valence-corrected chi connectivity index (χ1v) is 5.66. The molecular weight excluding hydrogens is 250 g/mol. The summed E-state index contributed by atoms with van der Waals surface area (Å²) in [6.07, 6.45) is 0.748. The summed E-state index contributed by atoms with van der Waals surface area (Å²) in [6, 6.07) is 4.04. The maximum absolute atomic E-state index is 11.8. The lowest BCUT2D eigenvalue weighted by molar-refractivity contribution is -0.385. The number of Topliss-reactive ketones (excluding diaryl/α,β-unsaturated/α-hetero) is 1. The number of hydrogen-bond donors (Lipinski definition) is 0. The van der Waals surface area contributed by atoms with E-state index < -0.39 is 16.5 Å². The molecular formula is C13H11NO5. The third kappa shape index (κ3) is 2.24. The molecule has 0 saturated carbocycles. The van der Waals surface area contributed by atoms with Crippen LogP contribution in [0.4, 0.5) is 5.69 Å². The van der Waals surface area contributed by atoms with Gasteiger partial charge in [-0.05, 0) is 19.9 Å². The van der Waals surface area contributed by atoms with Gasteiger partial charge in [-0.3, -0.25) is 19.7 Å². The van der Waals surface area contributed by atoms with Gasteiger partial charge in [-0.15, -0.1) is 0 Å². The van der Waals surface area contributed by atoms with E-state index in [1.807, 2.05) is 0 Å². The van der Waals surface area contributed by atoms with Crippen LogP contribution in [0.25, 0.3) is 5.76 Å². The number of rotatable bonds is 3. The second-order valence-electron chi connectivity index (χ2n) is 4.33. The SMILES string of the molecule is CC(C)OC1=CC(=O)C(=O)c2cccc([N+](=O)[O-])c21. The van der Waals surface area contributed by atoms with Gasteiger partial charge in [0.25, 0.3) is 5.69 Å². The highest BCUT2D eigenvalue weighted by atomic mass is 16.6. The van der Waals surface area contributed by atoms with E-state index in [0.717, 1.165) is 6.08 Å². The summed E-state index contributed by atoms with van der Waals surface area (Å²) in [6.45, 7) is 3.46. The van der Waals surface area contributed by atoms with Gasteiger partial charge < -0.3 is 4.74 Å². The van der Waals surface area contributed by atoms with E-state index in [1.54, 1.807) is 13.8 Å². The van der Waals surface area contributed by atoms with E-state index in [4.69, 9.17) is 4.74 Å². The maximum Gasteiger partial charge on any atom is 0.281 e. The van der Waals surface area contributed by atoms with Gasteiger partial charge in [-0.1, -0.05) is 6.07 Å². The fourth-order valence-electron chi connectivity index (χ4n) is 1.88. The topological polar surface area (TPSA) is 86.5 Å². The van der Waals surface area contributed by atoms with E-state index in [9.17, 15) is 19.7 Å². The van der Waals surface area contributed by atoms with Crippen molar-refractivity contribution in [3.63, 3.8) is 0 Å². The third-order valence-corrected chi connectivity index (χ3v) is 2.58. The van der Waals surface area contributed by atoms with Crippen molar-refractivity contribution >= 4 is 23.0 Å². The third-order valence-electron chi connectivity index (χ3n) is 2.58. The van der Waals surface area contributed by atoms with Crippen LogP contribution < -0.4 is 0 Å². The summed E-state index contributed by atoms with van der Waals surface area (Å²) in [5, 5.41) is 11.0. The van der Waals surface area contributed by atoms with E-state index in [0.29, 0.717) is 0 Å². The van der Waals surface area contributed by atoms with Crippen LogP contribution in [-0.2, 0) is 9.53 Å². The Morgan fingerprint density at radius 2 is 1.95 bits per heavy atom. The molecule has 1 aliphatic rings. The lowest BCUT2D eigenvalue weighted by Crippen LogP contribution is -2.21. The van der Waals surface area contributed by atoms with Crippen molar-refractivity contribution < 1.29 is 19.2 Å². The van der Waals surface area contributed by atoms with Gasteiger partial charge in [0.05, 0.1) is 11.0 Å². The Bertz CT molecular complexity index is 615. The van der Waals surface area contributed by atoms with Crippen LogP contribution in [0.2, 0.25) is 0 Å². The van der Waals surface area contributed by atoms with Crippen molar-refractivity contribution in [1.82, 2.24) is 0 Å². The van der Waals surface area contributed by atoms with E-state index in [2.05, 4.69) is 0 Å². The van der Waals surface area contributed by atoms with Crippen molar-refractivity contribution in [1.29, 1.82) is 0 Å². The lowest BCUT2D eigenvalue weighted by Gasteiger charge is -2.18. The average Bonchev–Trinajstić information content (AvgIpc) is 2.34. The minimum atomic E-state index is -0.755. The molecule has 0 unspecified atom stereocenters. The fourth-order valence-corrected chi connectivity index (χ4v) is 1.88. The number of nitrogens with zero attached hydrogens (tertiary/aromatic N) is 1. The van der Waals surface area contributed by atoms with E-state index >= 15 is 0 Å². The van der Waals surface area contributed by atoms with Gasteiger partial charge in [-0.2, -0.15) is 0 Å². The second-order valence-corrected chi connectivity index (χ2v) is 4.33. The van der Waals surface area contributed by atoms with Gasteiger partial charge in [0.2, 0.25) is 11.6 Å². The molecule has 0 saturated heterocycles. The molecule has 1 aromatic rings. The minimum absolute atomic E-state index is 0.0114. The van der Waals surface area contributed by atoms with Crippen molar-refractivity contribution in [2.45, 2.75) is 20.0 Å². The summed E-state index contributed by atoms with van der Waals surface area (Å²) in [7, 11) is 0. The standard InChI is InChI=1S/C13H11NO5/c1-7(2)19-11-6-10(15)13(16)8-4-3-5-9(12(8)11)14(17)18/h3-7H,1-2H3. The molecule has 2 rings (SSSR count). The lowest BCUT2D eigenvalue weighted by atomic mass is 9.92. The van der Waals surface area contributed by atoms with Gasteiger partial charge >= 0.3 is 0 Å². The normalized spacial score (nSPS) is 14.2. The molecule has 1 aliphatic carbocycles. The molecule has 0 atom stereocenters. The Hall–Kier alpha value is -2.50. The first kappa shape index (κ1) is 12.9. The molecule has 0 aromatic heterocycles. The minimum Gasteiger partial charge on any atom is -0.490 e. The number of nitro benzene ring substituents is 1. The first-order chi connectivity index (χ1) is 8.91. The highest BCUT2D eigenvalue weighted by Gasteiger charge is 2.33. The summed E-state index contributed by atoms with van der Waals surface area (Å²) < 4.78 is 5.41. The van der Waals surface area contributed by atoms with Gasteiger partial charge in [0.15, 0.2) is 0 Å². The molecule has 0 radical (unpaired) electrons. The molecule has 0 fully saturated rings. The smallest absolute Gasteiger partial charge is 0.281 e. The van der Waals surface area contributed by atoms with Gasteiger partial charge in [-0.25, -0.2) is 0 Å². The summed E-state index contributed by atoms with van der Waals surface area (Å²) in [5.41, 5.74) is -0.159. The highest BCUT2D eigenvalue weighted by molar-refractivity contribution is 6.50. The molecule has 19 heavy (non-hydrogen) atoms. The molecule has 0 aliphatic heterocycles. The van der Waals surface area contributed by atoms with Crippen LogP contribution in [0.15, 0.2) is 24.3 Å². The van der Waals surface area contributed by atoms with Crippen LogP contribution in [0.3, 0.4) is 0 Å². The molecule has 0 amide bonds.